The number of para-hydroxylation sites is 4. The van der Waals surface area contributed by atoms with E-state index in [2.05, 4.69) is 158 Å². The molecule has 1 aliphatic heterocycles. The number of aromatic nitrogens is 3. The smallest absolute Gasteiger partial charge is 0.135 e. The van der Waals surface area contributed by atoms with E-state index in [1.165, 1.54) is 22.4 Å². The van der Waals surface area contributed by atoms with Crippen LogP contribution < -0.4 is 14.5 Å². The van der Waals surface area contributed by atoms with E-state index in [1.54, 1.807) is 6.20 Å². The fourth-order valence-electron chi connectivity index (χ4n) is 6.50. The van der Waals surface area contributed by atoms with E-state index in [0.717, 1.165) is 44.7 Å². The molecular weight excluding hydrogens is 774 g/mol. The van der Waals surface area contributed by atoms with Crippen molar-refractivity contribution in [3.05, 3.63) is 145 Å². The predicted octanol–water partition coefficient (Wildman–Crippen LogP) is 10.3. The van der Waals surface area contributed by atoms with Crippen molar-refractivity contribution < 1.29 is 25.8 Å². The molecule has 1 aliphatic rings. The molecule has 4 heterocycles. The molecule has 0 N–H and O–H groups in total. The predicted molar refractivity (Wildman–Crippen MR) is 190 cm³/mol. The maximum absolute atomic E-state index is 6.38. The Kier molecular flexibility index (Phi) is 8.09. The summed E-state index contributed by atoms with van der Waals surface area (Å²) in [4.78, 5) is 13.7. The molecule has 0 spiro atoms. The van der Waals surface area contributed by atoms with Crippen LogP contribution in [0.2, 0.25) is 0 Å². The SMILES string of the molecule is Cc1cccc(C)c1N1[CH-]N(c2[c-]c(Oc3[c-]c4c(cc3)c3ccccc3n4-c3cc(C(C)(C)C)ccn3)ncc2)c2ccccc21.[Pt]. The third-order valence-electron chi connectivity index (χ3n) is 8.83. The first-order valence-corrected chi connectivity index (χ1v) is 15.8. The number of anilines is 4. The maximum Gasteiger partial charge on any atom is 0.135 e. The second-order valence-electron chi connectivity index (χ2n) is 13.0. The molecule has 7 heteroatoms. The standard InChI is InChI=1S/C41H34N5O.Pt/c1-27-11-10-12-28(2)40(27)45-26-44(35-15-8-9-16-36(35)45)30-20-22-43-39(24-30)47-31-17-18-33-32-13-6-7-14-34(32)46(37(33)25-31)38-23-29(19-21-42-38)41(3,4)5;/h6-23,26H,1-5H3;/q-3;. The molecule has 0 radical (unpaired) electrons. The van der Waals surface area contributed by atoms with E-state index in [1.807, 2.05) is 18.3 Å². The summed E-state index contributed by atoms with van der Waals surface area (Å²) >= 11 is 0. The van der Waals surface area contributed by atoms with Crippen molar-refractivity contribution in [1.82, 2.24) is 14.5 Å². The Labute approximate surface area is 295 Å². The number of nitrogens with zero attached hydrogens (tertiary/aromatic N) is 5. The number of aryl methyl sites for hydroxylation is 2. The van der Waals surface area contributed by atoms with Gasteiger partial charge in [-0.1, -0.05) is 74.8 Å². The van der Waals surface area contributed by atoms with Gasteiger partial charge in [0.15, 0.2) is 0 Å². The van der Waals surface area contributed by atoms with Gasteiger partial charge in [-0.25, -0.2) is 4.98 Å². The van der Waals surface area contributed by atoms with Gasteiger partial charge in [-0.05, 0) is 77.9 Å². The van der Waals surface area contributed by atoms with Gasteiger partial charge < -0.3 is 19.1 Å². The number of hydrogen-bond donors (Lipinski definition) is 0. The van der Waals surface area contributed by atoms with Gasteiger partial charge in [0.05, 0.1) is 0 Å². The summed E-state index contributed by atoms with van der Waals surface area (Å²) in [7, 11) is 0. The van der Waals surface area contributed by atoms with E-state index < -0.39 is 0 Å². The van der Waals surface area contributed by atoms with E-state index >= 15 is 0 Å². The van der Waals surface area contributed by atoms with Crippen molar-refractivity contribution in [2.24, 2.45) is 0 Å². The van der Waals surface area contributed by atoms with Crippen LogP contribution in [0.4, 0.5) is 22.7 Å². The summed E-state index contributed by atoms with van der Waals surface area (Å²) in [6, 6.07) is 40.4. The molecule has 0 saturated carbocycles. The van der Waals surface area contributed by atoms with Crippen LogP contribution in [0.5, 0.6) is 11.6 Å². The van der Waals surface area contributed by atoms with Crippen LogP contribution in [0, 0.1) is 32.6 Å². The number of rotatable bonds is 5. The number of pyridine rings is 2. The zero-order valence-electron chi connectivity index (χ0n) is 27.4. The van der Waals surface area contributed by atoms with Crippen LogP contribution in [0.15, 0.2) is 109 Å². The molecular formula is C41H34N5OPt-3. The Balaban J connectivity index is 0.00000364. The van der Waals surface area contributed by atoms with Crippen molar-refractivity contribution in [3.63, 3.8) is 0 Å². The van der Waals surface area contributed by atoms with Crippen molar-refractivity contribution in [3.8, 4) is 17.4 Å². The Morgan fingerprint density at radius 3 is 2.19 bits per heavy atom. The average Bonchev–Trinajstić information content (AvgIpc) is 3.61. The van der Waals surface area contributed by atoms with Gasteiger partial charge in [0.2, 0.25) is 0 Å². The summed E-state index contributed by atoms with van der Waals surface area (Å²) in [5.74, 6) is 1.77. The minimum atomic E-state index is -0.00990. The molecule has 0 aliphatic carbocycles. The number of benzene rings is 4. The van der Waals surface area contributed by atoms with Gasteiger partial charge in [0.25, 0.3) is 0 Å². The fourth-order valence-corrected chi connectivity index (χ4v) is 6.50. The van der Waals surface area contributed by atoms with Gasteiger partial charge in [0, 0.05) is 55.6 Å². The van der Waals surface area contributed by atoms with Crippen molar-refractivity contribution in [2.45, 2.75) is 40.0 Å². The first kappa shape index (κ1) is 31.7. The Hall–Kier alpha value is -4.93. The molecule has 0 bridgehead atoms. The summed E-state index contributed by atoms with van der Waals surface area (Å²) in [5, 5.41) is 2.22. The largest absolute Gasteiger partial charge is 0.503 e. The molecule has 0 amide bonds. The molecule has 242 valence electrons. The molecule has 6 nitrogen and oxygen atoms in total. The summed E-state index contributed by atoms with van der Waals surface area (Å²) in [5.41, 5.74) is 9.76. The summed E-state index contributed by atoms with van der Waals surface area (Å²) in [6.45, 7) is 13.1. The summed E-state index contributed by atoms with van der Waals surface area (Å²) in [6.07, 6.45) is 3.65. The van der Waals surface area contributed by atoms with Crippen LogP contribution in [0.3, 0.4) is 0 Å². The van der Waals surface area contributed by atoms with Crippen LogP contribution in [0.1, 0.15) is 37.5 Å². The zero-order valence-corrected chi connectivity index (χ0v) is 29.7. The van der Waals surface area contributed by atoms with E-state index in [9.17, 15) is 0 Å². The molecule has 7 aromatic rings. The third kappa shape index (κ3) is 5.44. The molecule has 4 aromatic carbocycles. The van der Waals surface area contributed by atoms with Gasteiger partial charge >= 0.3 is 0 Å². The second-order valence-corrected chi connectivity index (χ2v) is 13.0. The van der Waals surface area contributed by atoms with Gasteiger partial charge in [0.1, 0.15) is 11.7 Å². The van der Waals surface area contributed by atoms with Gasteiger partial charge in [-0.3, -0.25) is 4.98 Å². The quantitative estimate of drug-likeness (QED) is 0.162. The maximum atomic E-state index is 6.38. The summed E-state index contributed by atoms with van der Waals surface area (Å²) < 4.78 is 8.54. The fraction of sp³-hybridized carbons (Fsp3) is 0.146. The van der Waals surface area contributed by atoms with Crippen molar-refractivity contribution in [1.29, 1.82) is 0 Å². The molecule has 0 saturated heterocycles. The zero-order chi connectivity index (χ0) is 32.3. The number of ether oxygens (including phenoxy) is 1. The second kappa shape index (κ2) is 12.3. The van der Waals surface area contributed by atoms with Crippen molar-refractivity contribution >= 4 is 44.6 Å². The van der Waals surface area contributed by atoms with Crippen LogP contribution in [0.25, 0.3) is 27.6 Å². The molecule has 0 fully saturated rings. The van der Waals surface area contributed by atoms with E-state index in [0.29, 0.717) is 11.6 Å². The number of hydrogen-bond acceptors (Lipinski definition) is 5. The van der Waals surface area contributed by atoms with Crippen LogP contribution in [-0.4, -0.2) is 14.5 Å². The first-order chi connectivity index (χ1) is 22.8. The Bertz CT molecular complexity index is 2280. The molecule has 0 unspecified atom stereocenters. The molecule has 3 aromatic heterocycles. The monoisotopic (exact) mass is 807 g/mol. The minimum Gasteiger partial charge on any atom is -0.503 e. The Morgan fingerprint density at radius 2 is 1.42 bits per heavy atom. The van der Waals surface area contributed by atoms with E-state index in [4.69, 9.17) is 9.72 Å². The van der Waals surface area contributed by atoms with Crippen LogP contribution in [-0.2, 0) is 26.5 Å². The third-order valence-corrected chi connectivity index (χ3v) is 8.83. The Morgan fingerprint density at radius 1 is 0.708 bits per heavy atom. The van der Waals surface area contributed by atoms with Gasteiger partial charge in [-0.15, -0.1) is 24.2 Å². The van der Waals surface area contributed by atoms with Crippen molar-refractivity contribution in [2.75, 3.05) is 9.80 Å². The van der Waals surface area contributed by atoms with E-state index in [-0.39, 0.29) is 26.5 Å². The minimum absolute atomic E-state index is 0. The molecule has 8 rings (SSSR count). The molecule has 48 heavy (non-hydrogen) atoms. The topological polar surface area (TPSA) is 46.4 Å². The van der Waals surface area contributed by atoms with Gasteiger partial charge in [-0.2, -0.15) is 23.9 Å². The number of fused-ring (bicyclic) bond motifs is 4. The molecule has 0 atom stereocenters. The normalized spacial score (nSPS) is 12.8. The first-order valence-electron chi connectivity index (χ1n) is 15.8. The average molecular weight is 808 g/mol. The van der Waals surface area contributed by atoms with Crippen LogP contribution >= 0.6 is 0 Å².